The quantitative estimate of drug-likeness (QED) is 0.118. The third kappa shape index (κ3) is 7.33. The monoisotopic (exact) mass is 687 g/mol. The topological polar surface area (TPSA) is 126 Å². The lowest BCUT2D eigenvalue weighted by atomic mass is 10.0. The number of halogens is 1. The molecule has 0 spiro atoms. The zero-order valence-corrected chi connectivity index (χ0v) is 28.6. The molecule has 0 atom stereocenters. The number of aryl methyl sites for hydroxylation is 1. The highest BCUT2D eigenvalue weighted by atomic mass is 32.1. The summed E-state index contributed by atoms with van der Waals surface area (Å²) in [6.07, 6.45) is 2.54. The summed E-state index contributed by atoms with van der Waals surface area (Å²) in [7, 11) is 5.46. The van der Waals surface area contributed by atoms with Crippen molar-refractivity contribution in [1.29, 1.82) is 0 Å². The van der Waals surface area contributed by atoms with E-state index in [4.69, 9.17) is 9.47 Å². The van der Waals surface area contributed by atoms with E-state index in [-0.39, 0.29) is 18.1 Å². The Bertz CT molecular complexity index is 2040. The Morgan fingerprint density at radius 3 is 2.79 bits per heavy atom. The molecule has 14 heteroatoms. The zero-order chi connectivity index (χ0) is 33.8. The molecule has 2 N–H and O–H groups in total. The third-order valence-electron chi connectivity index (χ3n) is 7.69. The predicted octanol–water partition coefficient (Wildman–Crippen LogP) is 6.45. The molecule has 2 aromatic carbocycles. The molecule has 1 aliphatic rings. The lowest BCUT2D eigenvalue weighted by molar-refractivity contribution is 0.0690. The van der Waals surface area contributed by atoms with E-state index in [1.165, 1.54) is 28.7 Å². The van der Waals surface area contributed by atoms with Crippen LogP contribution < -0.4 is 19.7 Å². The number of anilines is 4. The first-order chi connectivity index (χ1) is 23.2. The molecule has 0 unspecified atom stereocenters. The SMILES string of the molecule is COc1ccc2sc(Nc3nnc4c(c3C)CCCN4c3nc(C(=O)O)c(CCCOc4ccc(C#CCN(C)C)cc4F)s3)nc2c1. The van der Waals surface area contributed by atoms with Gasteiger partial charge in [-0.2, -0.15) is 0 Å². The Hall–Kier alpha value is -4.84. The summed E-state index contributed by atoms with van der Waals surface area (Å²) >= 11 is 2.84. The smallest absolute Gasteiger partial charge is 0.355 e. The van der Waals surface area contributed by atoms with Crippen LogP contribution in [0.15, 0.2) is 36.4 Å². The van der Waals surface area contributed by atoms with E-state index in [2.05, 4.69) is 37.3 Å². The third-order valence-corrected chi connectivity index (χ3v) is 9.78. The van der Waals surface area contributed by atoms with Gasteiger partial charge in [0.25, 0.3) is 0 Å². The van der Waals surface area contributed by atoms with Crippen LogP contribution in [0, 0.1) is 24.6 Å². The van der Waals surface area contributed by atoms with Gasteiger partial charge >= 0.3 is 5.97 Å². The number of carbonyl (C=O) groups is 1. The minimum absolute atomic E-state index is 0.00406. The van der Waals surface area contributed by atoms with Crippen LogP contribution >= 0.6 is 22.7 Å². The van der Waals surface area contributed by atoms with Crippen LogP contribution in [-0.4, -0.2) is 77.0 Å². The number of rotatable bonds is 11. The Labute approximate surface area is 285 Å². The molecular weight excluding hydrogens is 654 g/mol. The molecule has 3 aromatic heterocycles. The number of ether oxygens (including phenoxy) is 2. The van der Waals surface area contributed by atoms with E-state index >= 15 is 0 Å². The second-order valence-electron chi connectivity index (χ2n) is 11.4. The van der Waals surface area contributed by atoms with Gasteiger partial charge < -0.3 is 24.8 Å². The maximum Gasteiger partial charge on any atom is 0.355 e. The molecule has 6 rings (SSSR count). The lowest BCUT2D eigenvalue weighted by Crippen LogP contribution is -2.27. The highest BCUT2D eigenvalue weighted by molar-refractivity contribution is 7.22. The molecule has 0 saturated carbocycles. The number of nitrogens with one attached hydrogen (secondary N) is 1. The number of nitrogens with zero attached hydrogens (tertiary/aromatic N) is 6. The number of aromatic nitrogens is 4. The van der Waals surface area contributed by atoms with Gasteiger partial charge in [0.1, 0.15) is 5.75 Å². The first-order valence-corrected chi connectivity index (χ1v) is 17.0. The summed E-state index contributed by atoms with van der Waals surface area (Å²) in [5.41, 5.74) is 3.39. The maximum atomic E-state index is 14.6. The van der Waals surface area contributed by atoms with Gasteiger partial charge in [-0.25, -0.2) is 19.2 Å². The van der Waals surface area contributed by atoms with Gasteiger partial charge in [0, 0.05) is 34.2 Å². The van der Waals surface area contributed by atoms with Gasteiger partial charge in [-0.1, -0.05) is 23.2 Å². The van der Waals surface area contributed by atoms with Crippen molar-refractivity contribution in [2.45, 2.75) is 32.6 Å². The number of thiazole rings is 2. The van der Waals surface area contributed by atoms with Crippen LogP contribution in [0.4, 0.5) is 26.3 Å². The molecule has 0 amide bonds. The van der Waals surface area contributed by atoms with Crippen molar-refractivity contribution >= 4 is 60.8 Å². The van der Waals surface area contributed by atoms with Crippen molar-refractivity contribution in [3.05, 3.63) is 69.5 Å². The predicted molar refractivity (Wildman–Crippen MR) is 186 cm³/mol. The molecule has 48 heavy (non-hydrogen) atoms. The van der Waals surface area contributed by atoms with Gasteiger partial charge in [0.05, 0.1) is 30.5 Å². The Morgan fingerprint density at radius 2 is 2.02 bits per heavy atom. The van der Waals surface area contributed by atoms with Gasteiger partial charge in [-0.05, 0) is 77.0 Å². The zero-order valence-electron chi connectivity index (χ0n) is 27.0. The van der Waals surface area contributed by atoms with Crippen LogP contribution in [0.2, 0.25) is 0 Å². The minimum atomic E-state index is -1.10. The number of fused-ring (bicyclic) bond motifs is 2. The van der Waals surface area contributed by atoms with Crippen molar-refractivity contribution in [2.24, 2.45) is 0 Å². The van der Waals surface area contributed by atoms with Gasteiger partial charge in [0.15, 0.2) is 39.2 Å². The molecule has 0 radical (unpaired) electrons. The summed E-state index contributed by atoms with van der Waals surface area (Å²) in [4.78, 5) is 25.9. The van der Waals surface area contributed by atoms with Gasteiger partial charge in [0.2, 0.25) is 0 Å². The largest absolute Gasteiger partial charge is 0.497 e. The average molecular weight is 688 g/mol. The number of hydrogen-bond donors (Lipinski definition) is 2. The number of carboxylic acid groups (broad SMARTS) is 1. The fourth-order valence-corrected chi connectivity index (χ4v) is 7.24. The van der Waals surface area contributed by atoms with Gasteiger partial charge in [-0.15, -0.1) is 21.5 Å². The number of benzene rings is 2. The Kier molecular flexibility index (Phi) is 10.00. The molecular formula is C34H34FN7O4S2. The van der Waals surface area contributed by atoms with E-state index in [1.54, 1.807) is 19.2 Å². The normalized spacial score (nSPS) is 12.5. The van der Waals surface area contributed by atoms with Crippen molar-refractivity contribution in [1.82, 2.24) is 25.1 Å². The summed E-state index contributed by atoms with van der Waals surface area (Å²) in [6, 6.07) is 10.4. The molecule has 0 bridgehead atoms. The van der Waals surface area contributed by atoms with Crippen LogP contribution in [0.5, 0.6) is 11.5 Å². The highest BCUT2D eigenvalue weighted by Gasteiger charge is 2.28. The minimum Gasteiger partial charge on any atom is -0.497 e. The highest BCUT2D eigenvalue weighted by Crippen LogP contribution is 2.39. The van der Waals surface area contributed by atoms with Crippen LogP contribution in [0.1, 0.15) is 44.9 Å². The Balaban J connectivity index is 1.14. The second kappa shape index (κ2) is 14.5. The van der Waals surface area contributed by atoms with E-state index in [9.17, 15) is 14.3 Å². The number of hydrogen-bond acceptors (Lipinski definition) is 12. The molecule has 1 aliphatic heterocycles. The van der Waals surface area contributed by atoms with Crippen molar-refractivity contribution in [2.75, 3.05) is 51.1 Å². The molecule has 248 valence electrons. The van der Waals surface area contributed by atoms with E-state index in [0.29, 0.717) is 58.3 Å². The summed E-state index contributed by atoms with van der Waals surface area (Å²) in [6.45, 7) is 3.43. The van der Waals surface area contributed by atoms with Crippen LogP contribution in [0.3, 0.4) is 0 Å². The van der Waals surface area contributed by atoms with Gasteiger partial charge in [-0.3, -0.25) is 4.90 Å². The summed E-state index contributed by atoms with van der Waals surface area (Å²) < 4.78 is 26.6. The molecule has 4 heterocycles. The molecule has 11 nitrogen and oxygen atoms in total. The standard InChI is InChI=1S/C34H34FN7O4S2/c1-20-23-9-6-16-42(31(23)40-39-30(20)38-33-36-25-19-22(45-4)12-14-27(25)47-33)34-37-29(32(43)44)28(48-34)10-7-17-46-26-13-11-21(18-24(26)35)8-5-15-41(2)3/h11-14,18-19H,6-7,9-10,15-17H2,1-4H3,(H,43,44)(H,36,38,39). The number of carboxylic acids is 1. The van der Waals surface area contributed by atoms with Crippen LogP contribution in [0.25, 0.3) is 10.2 Å². The molecule has 0 saturated heterocycles. The fourth-order valence-electron chi connectivity index (χ4n) is 5.27. The lowest BCUT2D eigenvalue weighted by Gasteiger charge is -2.28. The van der Waals surface area contributed by atoms with E-state index in [1.807, 2.05) is 49.0 Å². The van der Waals surface area contributed by atoms with Crippen molar-refractivity contribution < 1.29 is 23.8 Å². The first-order valence-electron chi connectivity index (χ1n) is 15.3. The molecule has 0 aliphatic carbocycles. The molecule has 5 aromatic rings. The number of aromatic carboxylic acids is 1. The van der Waals surface area contributed by atoms with E-state index < -0.39 is 11.8 Å². The summed E-state index contributed by atoms with van der Waals surface area (Å²) in [5.74, 6) is 6.50. The number of methoxy groups -OCH3 is 1. The van der Waals surface area contributed by atoms with Crippen molar-refractivity contribution in [3.63, 3.8) is 0 Å². The maximum absolute atomic E-state index is 14.6. The summed E-state index contributed by atoms with van der Waals surface area (Å²) in [5, 5.41) is 23.6. The van der Waals surface area contributed by atoms with E-state index in [0.717, 1.165) is 39.9 Å². The van der Waals surface area contributed by atoms with Crippen LogP contribution in [-0.2, 0) is 12.8 Å². The average Bonchev–Trinajstić information content (AvgIpc) is 3.68. The second-order valence-corrected chi connectivity index (χ2v) is 13.5. The van der Waals surface area contributed by atoms with Crippen molar-refractivity contribution in [3.8, 4) is 23.3 Å². The fraction of sp³-hybridized carbons (Fsp3) is 0.324. The Morgan fingerprint density at radius 1 is 1.17 bits per heavy atom. The molecule has 0 fully saturated rings. The first kappa shape index (κ1) is 33.1.